The van der Waals surface area contributed by atoms with Crippen LogP contribution in [-0.4, -0.2) is 28.7 Å². The van der Waals surface area contributed by atoms with Gasteiger partial charge < -0.3 is 4.90 Å². The monoisotopic (exact) mass is 419 g/mol. The summed E-state index contributed by atoms with van der Waals surface area (Å²) < 4.78 is 14.9. The fourth-order valence-electron chi connectivity index (χ4n) is 3.35. The van der Waals surface area contributed by atoms with Crippen LogP contribution in [0.25, 0.3) is 11.3 Å². The molecule has 0 bridgehead atoms. The van der Waals surface area contributed by atoms with E-state index >= 15 is 0 Å². The summed E-state index contributed by atoms with van der Waals surface area (Å²) in [4.78, 5) is 34.4. The number of carbonyl (C=O) groups excluding carboxylic acids is 2. The van der Waals surface area contributed by atoms with Gasteiger partial charge in [-0.1, -0.05) is 19.1 Å². The van der Waals surface area contributed by atoms with Crippen molar-refractivity contribution in [2.45, 2.75) is 40.0 Å². The molecule has 0 unspecified atom stereocenters. The number of carbonyl (C=O) groups is 2. The maximum Gasteiger partial charge on any atom is 0.226 e. The van der Waals surface area contributed by atoms with Crippen LogP contribution in [0.5, 0.6) is 0 Å². The first kappa shape index (κ1) is 22.3. The molecule has 0 aliphatic rings. The molecule has 0 aliphatic carbocycles. The number of aromatic nitrogens is 2. The van der Waals surface area contributed by atoms with Crippen molar-refractivity contribution in [1.29, 1.82) is 0 Å². The largest absolute Gasteiger partial charge is 0.313 e. The first-order valence-electron chi connectivity index (χ1n) is 10.3. The van der Waals surface area contributed by atoms with Crippen LogP contribution < -0.4 is 4.90 Å². The van der Waals surface area contributed by atoms with E-state index in [4.69, 9.17) is 0 Å². The minimum atomic E-state index is -0.449. The number of pyridine rings is 2. The van der Waals surface area contributed by atoms with Crippen molar-refractivity contribution >= 4 is 17.4 Å². The van der Waals surface area contributed by atoms with Gasteiger partial charge in [0.15, 0.2) is 5.78 Å². The van der Waals surface area contributed by atoms with Gasteiger partial charge in [-0.25, -0.2) is 4.39 Å². The molecule has 160 valence electrons. The highest BCUT2D eigenvalue weighted by Crippen LogP contribution is 2.30. The van der Waals surface area contributed by atoms with E-state index in [1.807, 2.05) is 19.1 Å². The van der Waals surface area contributed by atoms with Gasteiger partial charge in [0.05, 0.1) is 11.4 Å². The first-order valence-corrected chi connectivity index (χ1v) is 10.3. The lowest BCUT2D eigenvalue weighted by molar-refractivity contribution is -0.118. The molecule has 2 heterocycles. The molecule has 3 aromatic rings. The Kier molecular flexibility index (Phi) is 6.90. The van der Waals surface area contributed by atoms with Crippen LogP contribution >= 0.6 is 0 Å². The van der Waals surface area contributed by atoms with Crippen molar-refractivity contribution < 1.29 is 14.0 Å². The Bertz CT molecular complexity index is 1090. The van der Waals surface area contributed by atoms with Gasteiger partial charge >= 0.3 is 0 Å². The number of hydrogen-bond acceptors (Lipinski definition) is 4. The summed E-state index contributed by atoms with van der Waals surface area (Å²) in [6.45, 7) is 5.32. The zero-order chi connectivity index (χ0) is 22.5. The maximum absolute atomic E-state index is 14.9. The van der Waals surface area contributed by atoms with E-state index in [1.54, 1.807) is 51.4 Å². The van der Waals surface area contributed by atoms with Crippen LogP contribution in [0.2, 0.25) is 0 Å². The van der Waals surface area contributed by atoms with E-state index in [9.17, 15) is 14.0 Å². The SMILES string of the molecule is CCC(=O)N(C)c1ccc(-c2ccc(C(=O)CCc3ccc(C)nc3)cn2)c(C)c1F. The molecule has 0 atom stereocenters. The van der Waals surface area contributed by atoms with Gasteiger partial charge in [0.2, 0.25) is 5.91 Å². The van der Waals surface area contributed by atoms with E-state index in [1.165, 1.54) is 11.1 Å². The molecule has 0 fully saturated rings. The Morgan fingerprint density at radius 3 is 2.39 bits per heavy atom. The number of hydrogen-bond donors (Lipinski definition) is 0. The van der Waals surface area contributed by atoms with Crippen molar-refractivity contribution in [2.75, 3.05) is 11.9 Å². The Morgan fingerprint density at radius 2 is 1.77 bits per heavy atom. The zero-order valence-electron chi connectivity index (χ0n) is 18.3. The van der Waals surface area contributed by atoms with Crippen molar-refractivity contribution in [2.24, 2.45) is 0 Å². The van der Waals surface area contributed by atoms with Crippen molar-refractivity contribution in [3.8, 4) is 11.3 Å². The molecule has 1 amide bonds. The number of benzene rings is 1. The predicted molar refractivity (Wildman–Crippen MR) is 120 cm³/mol. The molecule has 0 saturated carbocycles. The molecule has 31 heavy (non-hydrogen) atoms. The summed E-state index contributed by atoms with van der Waals surface area (Å²) in [5.41, 5.74) is 4.33. The minimum absolute atomic E-state index is 0.00224. The second kappa shape index (κ2) is 9.60. The standard InChI is InChI=1S/C25H26FN3O2/c1-5-24(31)29(4)22-12-10-20(17(3)25(22)26)21-11-9-19(15-28-21)23(30)13-8-18-7-6-16(2)27-14-18/h6-7,9-12,14-15H,5,8,13H2,1-4H3. The van der Waals surface area contributed by atoms with Gasteiger partial charge in [-0.15, -0.1) is 0 Å². The third-order valence-corrected chi connectivity index (χ3v) is 5.38. The van der Waals surface area contributed by atoms with E-state index in [0.29, 0.717) is 41.6 Å². The topological polar surface area (TPSA) is 63.2 Å². The summed E-state index contributed by atoms with van der Waals surface area (Å²) in [6.07, 6.45) is 4.60. The Hall–Kier alpha value is -3.41. The Labute approximate surface area is 182 Å². The highest BCUT2D eigenvalue weighted by atomic mass is 19.1. The Morgan fingerprint density at radius 1 is 1.00 bits per heavy atom. The molecule has 5 nitrogen and oxygen atoms in total. The summed E-state index contributed by atoms with van der Waals surface area (Å²) in [5, 5.41) is 0. The molecule has 0 spiro atoms. The summed E-state index contributed by atoms with van der Waals surface area (Å²) in [5.74, 6) is -0.610. The second-order valence-electron chi connectivity index (χ2n) is 7.54. The summed E-state index contributed by atoms with van der Waals surface area (Å²) in [7, 11) is 1.56. The fraction of sp³-hybridized carbons (Fsp3) is 0.280. The Balaban J connectivity index is 1.74. The van der Waals surface area contributed by atoms with E-state index in [2.05, 4.69) is 9.97 Å². The summed E-state index contributed by atoms with van der Waals surface area (Å²) >= 11 is 0. The molecular formula is C25H26FN3O2. The lowest BCUT2D eigenvalue weighted by Crippen LogP contribution is -2.26. The summed E-state index contributed by atoms with van der Waals surface area (Å²) in [6, 6.07) is 10.7. The normalized spacial score (nSPS) is 10.7. The maximum atomic E-state index is 14.9. The van der Waals surface area contributed by atoms with E-state index in [-0.39, 0.29) is 17.4 Å². The number of halogens is 1. The molecule has 0 N–H and O–H groups in total. The van der Waals surface area contributed by atoms with Crippen molar-refractivity contribution in [3.63, 3.8) is 0 Å². The molecule has 0 aliphatic heterocycles. The first-order chi connectivity index (χ1) is 14.8. The van der Waals surface area contributed by atoms with Gasteiger partial charge in [-0.2, -0.15) is 0 Å². The average molecular weight is 420 g/mol. The average Bonchev–Trinajstić information content (AvgIpc) is 2.79. The fourth-order valence-corrected chi connectivity index (χ4v) is 3.35. The number of aryl methyl sites for hydroxylation is 2. The minimum Gasteiger partial charge on any atom is -0.313 e. The number of Topliss-reactive ketones (excluding diaryl/α,β-unsaturated/α-hetero) is 1. The number of rotatable bonds is 7. The zero-order valence-corrected chi connectivity index (χ0v) is 18.3. The third kappa shape index (κ3) is 5.02. The number of nitrogens with zero attached hydrogens (tertiary/aromatic N) is 3. The number of anilines is 1. The van der Waals surface area contributed by atoms with Gasteiger partial charge in [0.25, 0.3) is 0 Å². The van der Waals surface area contributed by atoms with Crippen LogP contribution in [-0.2, 0) is 11.2 Å². The molecule has 2 aromatic heterocycles. The van der Waals surface area contributed by atoms with Crippen LogP contribution in [0, 0.1) is 19.7 Å². The van der Waals surface area contributed by atoms with Crippen LogP contribution in [0.3, 0.4) is 0 Å². The predicted octanol–water partition coefficient (Wildman–Crippen LogP) is 5.09. The van der Waals surface area contributed by atoms with Gasteiger partial charge in [0.1, 0.15) is 5.82 Å². The van der Waals surface area contributed by atoms with Gasteiger partial charge in [-0.05, 0) is 55.7 Å². The van der Waals surface area contributed by atoms with Gasteiger partial charge in [0, 0.05) is 49.1 Å². The molecular weight excluding hydrogens is 393 g/mol. The molecule has 3 rings (SSSR count). The van der Waals surface area contributed by atoms with Crippen LogP contribution in [0.4, 0.5) is 10.1 Å². The van der Waals surface area contributed by atoms with Crippen molar-refractivity contribution in [1.82, 2.24) is 9.97 Å². The van der Waals surface area contributed by atoms with E-state index in [0.717, 1.165) is 11.3 Å². The second-order valence-corrected chi connectivity index (χ2v) is 7.54. The number of ketones is 1. The van der Waals surface area contributed by atoms with Crippen LogP contribution in [0.15, 0.2) is 48.8 Å². The highest BCUT2D eigenvalue weighted by Gasteiger charge is 2.18. The third-order valence-electron chi connectivity index (χ3n) is 5.38. The molecule has 0 saturated heterocycles. The lowest BCUT2D eigenvalue weighted by atomic mass is 10.0. The smallest absolute Gasteiger partial charge is 0.226 e. The van der Waals surface area contributed by atoms with Crippen LogP contribution in [0.1, 0.15) is 46.9 Å². The molecule has 0 radical (unpaired) electrons. The van der Waals surface area contributed by atoms with Gasteiger partial charge in [-0.3, -0.25) is 19.6 Å². The van der Waals surface area contributed by atoms with E-state index < -0.39 is 5.82 Å². The highest BCUT2D eigenvalue weighted by molar-refractivity contribution is 5.96. The quantitative estimate of drug-likeness (QED) is 0.501. The van der Waals surface area contributed by atoms with Crippen molar-refractivity contribution in [3.05, 3.63) is 77.0 Å². The molecule has 6 heteroatoms. The molecule has 1 aromatic carbocycles. The lowest BCUT2D eigenvalue weighted by Gasteiger charge is -2.19. The number of amides is 1.